The fourth-order valence-electron chi connectivity index (χ4n) is 8.28. The minimum Gasteiger partial charge on any atom is -0.465 e. The number of nitrogens with two attached hydrogens (primary N) is 1. The van der Waals surface area contributed by atoms with Gasteiger partial charge in [0.2, 0.25) is 23.5 Å². The average Bonchev–Trinajstić information content (AvgIpc) is 3.67. The molecule has 1 aliphatic heterocycles. The number of esters is 1. The first kappa shape index (κ1) is 47.0. The van der Waals surface area contributed by atoms with Crippen molar-refractivity contribution in [3.05, 3.63) is 66.2 Å². The zero-order valence-electron chi connectivity index (χ0n) is 34.6. The largest absolute Gasteiger partial charge is 0.465 e. The van der Waals surface area contributed by atoms with Crippen LogP contribution in [0.2, 0.25) is 0 Å². The first-order valence-corrected chi connectivity index (χ1v) is 22.7. The van der Waals surface area contributed by atoms with Crippen LogP contribution in [0.25, 0.3) is 0 Å². The maximum Gasteiger partial charge on any atom is 0.306 e. The number of hydrogen-bond donors (Lipinski definition) is 2. The Morgan fingerprint density at radius 2 is 1.53 bits per heavy atom. The van der Waals surface area contributed by atoms with Gasteiger partial charge in [-0.2, -0.15) is 0 Å². The highest BCUT2D eigenvalue weighted by Crippen LogP contribution is 2.37. The molecule has 1 heterocycles. The number of ether oxygens (including phenoxy) is 1. The number of Topliss-reactive ketones (excluding diaryl/α,β-unsaturated/α-hetero) is 3. The summed E-state index contributed by atoms with van der Waals surface area (Å²) in [4.78, 5) is 95.5. The summed E-state index contributed by atoms with van der Waals surface area (Å²) < 4.78 is 32.0. The molecule has 1 saturated carbocycles. The van der Waals surface area contributed by atoms with Crippen LogP contribution < -0.4 is 11.1 Å². The van der Waals surface area contributed by atoms with Crippen molar-refractivity contribution in [1.82, 2.24) is 10.2 Å². The van der Waals surface area contributed by atoms with E-state index in [1.807, 2.05) is 20.8 Å². The molecular weight excluding hydrogens is 775 g/mol. The fourth-order valence-corrected chi connectivity index (χ4v) is 9.73. The van der Waals surface area contributed by atoms with Crippen molar-refractivity contribution in [2.75, 3.05) is 18.9 Å². The molecule has 1 unspecified atom stereocenters. The second-order valence-electron chi connectivity index (χ2n) is 16.6. The Hall–Kier alpha value is -4.72. The number of carbonyl (C=O) groups excluding carboxylic acids is 7. The van der Waals surface area contributed by atoms with E-state index < -0.39 is 75.3 Å². The normalized spacial score (nSPS) is 18.7. The number of ketones is 3. The number of sulfone groups is 1. The van der Waals surface area contributed by atoms with Crippen LogP contribution in [0, 0.1) is 29.6 Å². The van der Waals surface area contributed by atoms with Crippen molar-refractivity contribution in [3.8, 4) is 0 Å². The Kier molecular flexibility index (Phi) is 18.0. The monoisotopic (exact) mass is 835 g/mol. The van der Waals surface area contributed by atoms with Crippen molar-refractivity contribution >= 4 is 50.9 Å². The molecule has 2 fully saturated rings. The number of primary amides is 1. The molecule has 0 radical (unpaired) electrons. The summed E-state index contributed by atoms with van der Waals surface area (Å²) in [7, 11) is -3.65. The third-order valence-electron chi connectivity index (χ3n) is 11.5. The molecule has 14 heteroatoms. The fraction of sp³-hybridized carbons (Fsp3) is 0.578. The quantitative estimate of drug-likeness (QED) is 0.106. The first-order valence-electron chi connectivity index (χ1n) is 21.1. The molecule has 59 heavy (non-hydrogen) atoms. The van der Waals surface area contributed by atoms with E-state index in [-0.39, 0.29) is 86.0 Å². The molecule has 5 atom stereocenters. The minimum atomic E-state index is -3.65. The Balaban J connectivity index is 1.51. The van der Waals surface area contributed by atoms with Gasteiger partial charge in [0.25, 0.3) is 0 Å². The maximum atomic E-state index is 14.7. The van der Waals surface area contributed by atoms with Gasteiger partial charge >= 0.3 is 5.97 Å². The number of nitrogens with one attached hydrogen (secondary N) is 1. The zero-order chi connectivity index (χ0) is 43.1. The van der Waals surface area contributed by atoms with Gasteiger partial charge in [-0.3, -0.25) is 33.6 Å². The van der Waals surface area contributed by atoms with Gasteiger partial charge in [0.05, 0.1) is 35.6 Å². The van der Waals surface area contributed by atoms with Crippen molar-refractivity contribution in [1.29, 1.82) is 0 Å². The van der Waals surface area contributed by atoms with Gasteiger partial charge in [-0.05, 0) is 67.6 Å². The van der Waals surface area contributed by atoms with Gasteiger partial charge in [0.15, 0.2) is 21.4 Å². The molecule has 2 aliphatic rings. The van der Waals surface area contributed by atoms with Crippen molar-refractivity contribution in [2.24, 2.45) is 35.3 Å². The van der Waals surface area contributed by atoms with Crippen LogP contribution in [-0.2, 0) is 48.1 Å². The summed E-state index contributed by atoms with van der Waals surface area (Å²) >= 11 is 0. The van der Waals surface area contributed by atoms with Crippen LogP contribution >= 0.6 is 0 Å². The second kappa shape index (κ2) is 22.6. The molecule has 4 rings (SSSR count). The van der Waals surface area contributed by atoms with E-state index in [1.54, 1.807) is 48.5 Å². The molecular formula is C45H61N3O10S. The lowest BCUT2D eigenvalue weighted by molar-refractivity contribution is -0.152. The number of amides is 3. The molecule has 0 spiro atoms. The highest BCUT2D eigenvalue weighted by Gasteiger charge is 2.45. The van der Waals surface area contributed by atoms with E-state index in [9.17, 15) is 42.0 Å². The van der Waals surface area contributed by atoms with Crippen molar-refractivity contribution < 1.29 is 46.7 Å². The summed E-state index contributed by atoms with van der Waals surface area (Å²) in [6.07, 6.45) is 4.12. The van der Waals surface area contributed by atoms with Crippen molar-refractivity contribution in [2.45, 2.75) is 121 Å². The Bertz CT molecular complexity index is 1880. The van der Waals surface area contributed by atoms with Gasteiger partial charge in [-0.1, -0.05) is 95.0 Å². The van der Waals surface area contributed by atoms with Crippen LogP contribution in [0.3, 0.4) is 0 Å². The number of hydrogen-bond acceptors (Lipinski definition) is 10. The number of carbonyl (C=O) groups is 7. The standard InChI is InChI=1S/C45H61N3O10S/c1-4-14-34(43(53)38(49)21-22-40(51)47-42(44(46)54)33-17-10-6-11-18-33)26-39(50)37-25-31(23-24-59(56,57)35-19-12-7-13-20-35)28-48(37)45(55)36(32-15-8-5-9-16-32)27-41(52)58-29-30(2)3/h6-7,10-13,17-20,30-32,34,36-37,42H,4-5,8-9,14-16,21-29H2,1-3H3,(H2,46,54)(H,47,51)/t31-,34?,36+,37+,42+/m1/s1. The highest BCUT2D eigenvalue weighted by molar-refractivity contribution is 7.91. The summed E-state index contributed by atoms with van der Waals surface area (Å²) in [5.74, 6) is -6.58. The van der Waals surface area contributed by atoms with Gasteiger partial charge < -0.3 is 20.7 Å². The molecule has 0 bridgehead atoms. The Morgan fingerprint density at radius 3 is 2.14 bits per heavy atom. The van der Waals surface area contributed by atoms with Crippen LogP contribution in [0.5, 0.6) is 0 Å². The molecule has 2 aromatic carbocycles. The maximum absolute atomic E-state index is 14.7. The molecule has 3 N–H and O–H groups in total. The van der Waals surface area contributed by atoms with Gasteiger partial charge in [-0.25, -0.2) is 8.42 Å². The van der Waals surface area contributed by atoms with Crippen LogP contribution in [0.1, 0.15) is 116 Å². The SMILES string of the molecule is CCCC(CC(=O)[C@@H]1C[C@@H](CCS(=O)(=O)c2ccccc2)CN1C(=O)[C@@H](CC(=O)OCC(C)C)C1CCCCC1)C(=O)C(=O)CCC(=O)N[C@H](C(N)=O)c1ccccc1. The number of likely N-dealkylation sites (tertiary alicyclic amines) is 1. The molecule has 13 nitrogen and oxygen atoms in total. The minimum absolute atomic E-state index is 0.0914. The van der Waals surface area contributed by atoms with Crippen LogP contribution in [0.4, 0.5) is 0 Å². The van der Waals surface area contributed by atoms with Crippen LogP contribution in [0.15, 0.2) is 65.6 Å². The third kappa shape index (κ3) is 13.9. The van der Waals surface area contributed by atoms with Crippen LogP contribution in [-0.4, -0.2) is 79.3 Å². The third-order valence-corrected chi connectivity index (χ3v) is 13.2. The van der Waals surface area contributed by atoms with E-state index in [0.717, 1.165) is 32.1 Å². The average molecular weight is 836 g/mol. The highest BCUT2D eigenvalue weighted by atomic mass is 32.2. The molecule has 1 aliphatic carbocycles. The zero-order valence-corrected chi connectivity index (χ0v) is 35.5. The summed E-state index contributed by atoms with van der Waals surface area (Å²) in [5, 5.41) is 2.52. The number of rotatable bonds is 23. The van der Waals surface area contributed by atoms with E-state index in [2.05, 4.69) is 5.32 Å². The van der Waals surface area contributed by atoms with Crippen molar-refractivity contribution in [3.63, 3.8) is 0 Å². The predicted molar refractivity (Wildman–Crippen MR) is 221 cm³/mol. The van der Waals surface area contributed by atoms with Gasteiger partial charge in [0.1, 0.15) is 6.04 Å². The summed E-state index contributed by atoms with van der Waals surface area (Å²) in [5.41, 5.74) is 5.97. The molecule has 3 amide bonds. The Morgan fingerprint density at radius 1 is 0.881 bits per heavy atom. The van der Waals surface area contributed by atoms with E-state index >= 15 is 0 Å². The lowest BCUT2D eigenvalue weighted by atomic mass is 9.77. The molecule has 322 valence electrons. The molecule has 1 saturated heterocycles. The predicted octanol–water partition coefficient (Wildman–Crippen LogP) is 5.49. The lowest BCUT2D eigenvalue weighted by Gasteiger charge is -2.34. The topological polar surface area (TPSA) is 204 Å². The smallest absolute Gasteiger partial charge is 0.306 e. The lowest BCUT2D eigenvalue weighted by Crippen LogP contribution is -2.47. The molecule has 2 aromatic rings. The van der Waals surface area contributed by atoms with E-state index in [0.29, 0.717) is 12.0 Å². The van der Waals surface area contributed by atoms with E-state index in [1.165, 1.54) is 17.0 Å². The van der Waals surface area contributed by atoms with Gasteiger partial charge in [0, 0.05) is 31.7 Å². The first-order chi connectivity index (χ1) is 28.1. The second-order valence-corrected chi connectivity index (χ2v) is 18.7. The number of nitrogens with zero attached hydrogens (tertiary/aromatic N) is 1. The summed E-state index contributed by atoms with van der Waals surface area (Å²) in [6.45, 7) is 5.98. The number of benzene rings is 2. The van der Waals surface area contributed by atoms with E-state index in [4.69, 9.17) is 10.5 Å². The molecule has 0 aromatic heterocycles. The van der Waals surface area contributed by atoms with Gasteiger partial charge in [-0.15, -0.1) is 0 Å². The summed E-state index contributed by atoms with van der Waals surface area (Å²) in [6, 6.07) is 14.3. The Labute approximate surface area is 348 Å².